The highest BCUT2D eigenvalue weighted by Crippen LogP contribution is 2.12. The molecule has 0 saturated carbocycles. The number of aryl methyl sites for hydroxylation is 2. The van der Waals surface area contributed by atoms with Crippen LogP contribution in [0.5, 0.6) is 0 Å². The zero-order valence-electron chi connectivity index (χ0n) is 14.5. The van der Waals surface area contributed by atoms with Crippen LogP contribution >= 0.6 is 0 Å². The molecule has 0 aliphatic carbocycles. The lowest BCUT2D eigenvalue weighted by molar-refractivity contribution is 0.0624. The second-order valence-corrected chi connectivity index (χ2v) is 6.42. The molecule has 1 saturated heterocycles. The molecule has 1 fully saturated rings. The molecule has 5 heteroatoms. The average Bonchev–Trinajstić information content (AvgIpc) is 2.78. The molecule has 1 atom stereocenters. The van der Waals surface area contributed by atoms with Gasteiger partial charge in [0.2, 0.25) is 5.95 Å². The normalized spacial score (nSPS) is 19.0. The minimum atomic E-state index is 0.153. The fourth-order valence-corrected chi connectivity index (χ4v) is 3.09. The van der Waals surface area contributed by atoms with Gasteiger partial charge in [0, 0.05) is 44.2 Å². The van der Waals surface area contributed by atoms with E-state index in [9.17, 15) is 0 Å². The minimum Gasteiger partial charge on any atom is -0.375 e. The van der Waals surface area contributed by atoms with Crippen molar-refractivity contribution in [3.8, 4) is 0 Å². The lowest BCUT2D eigenvalue weighted by Crippen LogP contribution is -2.35. The van der Waals surface area contributed by atoms with Crippen molar-refractivity contribution in [2.24, 2.45) is 0 Å². The maximum atomic E-state index is 5.99. The number of benzene rings is 1. The van der Waals surface area contributed by atoms with Crippen molar-refractivity contribution in [2.45, 2.75) is 32.9 Å². The zero-order valence-corrected chi connectivity index (χ0v) is 14.5. The van der Waals surface area contributed by atoms with Crippen molar-refractivity contribution in [3.63, 3.8) is 0 Å². The molecule has 1 aromatic carbocycles. The van der Waals surface area contributed by atoms with Gasteiger partial charge < -0.3 is 10.1 Å². The maximum Gasteiger partial charge on any atom is 0.223 e. The Balaban J connectivity index is 1.56. The molecule has 5 nitrogen and oxygen atoms in total. The topological polar surface area (TPSA) is 50.3 Å². The third kappa shape index (κ3) is 5.01. The highest BCUT2D eigenvalue weighted by molar-refractivity contribution is 5.27. The van der Waals surface area contributed by atoms with E-state index in [1.165, 1.54) is 5.56 Å². The highest BCUT2D eigenvalue weighted by Gasteiger charge is 2.19. The molecule has 0 bridgehead atoms. The van der Waals surface area contributed by atoms with E-state index >= 15 is 0 Å². The Kier molecular flexibility index (Phi) is 5.77. The summed E-state index contributed by atoms with van der Waals surface area (Å²) in [6.45, 7) is 8.49. The van der Waals surface area contributed by atoms with Gasteiger partial charge in [0.05, 0.1) is 6.10 Å². The first kappa shape index (κ1) is 16.9. The fourth-order valence-electron chi connectivity index (χ4n) is 3.09. The van der Waals surface area contributed by atoms with E-state index < -0.39 is 0 Å². The van der Waals surface area contributed by atoms with E-state index in [1.807, 2.05) is 19.9 Å². The number of aromatic nitrogens is 2. The van der Waals surface area contributed by atoms with Gasteiger partial charge in [-0.1, -0.05) is 30.3 Å². The van der Waals surface area contributed by atoms with Gasteiger partial charge in [-0.25, -0.2) is 9.97 Å². The minimum absolute atomic E-state index is 0.153. The second-order valence-electron chi connectivity index (χ2n) is 6.42. The molecular weight excluding hydrogens is 300 g/mol. The van der Waals surface area contributed by atoms with Gasteiger partial charge in [-0.2, -0.15) is 0 Å². The number of anilines is 1. The fraction of sp³-hybridized carbons (Fsp3) is 0.474. The Morgan fingerprint density at radius 2 is 1.92 bits per heavy atom. The molecule has 0 radical (unpaired) electrons. The maximum absolute atomic E-state index is 5.99. The van der Waals surface area contributed by atoms with Gasteiger partial charge in [-0.05, 0) is 31.9 Å². The SMILES string of the molecule is Cc1cc(C)nc(NCC2CN(Cc3ccccc3)CCCO2)n1. The Hall–Kier alpha value is -1.98. The lowest BCUT2D eigenvalue weighted by Gasteiger charge is -2.24. The van der Waals surface area contributed by atoms with E-state index in [0.717, 1.165) is 50.6 Å². The number of nitrogens with zero attached hydrogens (tertiary/aromatic N) is 3. The molecule has 0 amide bonds. The molecule has 2 heterocycles. The van der Waals surface area contributed by atoms with Gasteiger partial charge >= 0.3 is 0 Å². The first-order valence-electron chi connectivity index (χ1n) is 8.63. The van der Waals surface area contributed by atoms with Crippen LogP contribution in [0.2, 0.25) is 0 Å². The summed E-state index contributed by atoms with van der Waals surface area (Å²) < 4.78 is 5.99. The highest BCUT2D eigenvalue weighted by atomic mass is 16.5. The standard InChI is InChI=1S/C19H26N4O/c1-15-11-16(2)22-19(21-15)20-12-18-14-23(9-6-10-24-18)13-17-7-4-3-5-8-17/h3-5,7-8,11,18H,6,9-10,12-14H2,1-2H3,(H,20,21,22). The lowest BCUT2D eigenvalue weighted by atomic mass is 10.2. The summed E-state index contributed by atoms with van der Waals surface area (Å²) >= 11 is 0. The molecule has 1 unspecified atom stereocenters. The molecule has 1 aliphatic heterocycles. The summed E-state index contributed by atoms with van der Waals surface area (Å²) in [6, 6.07) is 12.6. The summed E-state index contributed by atoms with van der Waals surface area (Å²) in [5, 5.41) is 3.33. The Bertz CT molecular complexity index is 627. The van der Waals surface area contributed by atoms with Crippen LogP contribution in [0.15, 0.2) is 36.4 Å². The number of ether oxygens (including phenoxy) is 1. The van der Waals surface area contributed by atoms with Crippen molar-refractivity contribution in [1.82, 2.24) is 14.9 Å². The predicted octanol–water partition coefficient (Wildman–Crippen LogP) is 2.80. The van der Waals surface area contributed by atoms with E-state index in [0.29, 0.717) is 5.95 Å². The van der Waals surface area contributed by atoms with Gasteiger partial charge in [-0.15, -0.1) is 0 Å². The largest absolute Gasteiger partial charge is 0.375 e. The van der Waals surface area contributed by atoms with Crippen LogP contribution < -0.4 is 5.32 Å². The average molecular weight is 326 g/mol. The van der Waals surface area contributed by atoms with Crippen LogP contribution in [0.25, 0.3) is 0 Å². The van der Waals surface area contributed by atoms with E-state index in [1.54, 1.807) is 0 Å². The number of hydrogen-bond donors (Lipinski definition) is 1. The molecule has 24 heavy (non-hydrogen) atoms. The number of rotatable bonds is 5. The van der Waals surface area contributed by atoms with E-state index in [-0.39, 0.29) is 6.10 Å². The summed E-state index contributed by atoms with van der Waals surface area (Å²) in [5.41, 5.74) is 3.32. The van der Waals surface area contributed by atoms with Gasteiger partial charge in [0.15, 0.2) is 0 Å². The third-order valence-corrected chi connectivity index (χ3v) is 4.15. The Labute approximate surface area is 144 Å². The molecule has 3 rings (SSSR count). The van der Waals surface area contributed by atoms with Crippen LogP contribution in [0.1, 0.15) is 23.4 Å². The van der Waals surface area contributed by atoms with Crippen molar-refractivity contribution in [1.29, 1.82) is 0 Å². The number of hydrogen-bond acceptors (Lipinski definition) is 5. The molecule has 1 aliphatic rings. The molecule has 1 aromatic heterocycles. The summed E-state index contributed by atoms with van der Waals surface area (Å²) in [7, 11) is 0. The van der Waals surface area contributed by atoms with Gasteiger partial charge in [0.1, 0.15) is 0 Å². The van der Waals surface area contributed by atoms with Crippen LogP contribution in [0.4, 0.5) is 5.95 Å². The summed E-state index contributed by atoms with van der Waals surface area (Å²) in [6.07, 6.45) is 1.23. The van der Waals surface area contributed by atoms with Crippen molar-refractivity contribution in [2.75, 3.05) is 31.6 Å². The summed E-state index contributed by atoms with van der Waals surface area (Å²) in [4.78, 5) is 11.3. The van der Waals surface area contributed by atoms with Crippen LogP contribution in [0, 0.1) is 13.8 Å². The first-order chi connectivity index (χ1) is 11.7. The smallest absolute Gasteiger partial charge is 0.223 e. The summed E-state index contributed by atoms with van der Waals surface area (Å²) in [5.74, 6) is 0.690. The Morgan fingerprint density at radius 1 is 1.17 bits per heavy atom. The first-order valence-corrected chi connectivity index (χ1v) is 8.63. The van der Waals surface area contributed by atoms with Crippen LogP contribution in [-0.4, -0.2) is 47.2 Å². The van der Waals surface area contributed by atoms with Crippen molar-refractivity contribution >= 4 is 5.95 Å². The van der Waals surface area contributed by atoms with E-state index in [2.05, 4.69) is 50.5 Å². The molecule has 2 aromatic rings. The second kappa shape index (κ2) is 8.22. The van der Waals surface area contributed by atoms with Gasteiger partial charge in [0.25, 0.3) is 0 Å². The van der Waals surface area contributed by atoms with Crippen LogP contribution in [-0.2, 0) is 11.3 Å². The number of nitrogens with one attached hydrogen (secondary N) is 1. The molecular formula is C19H26N4O. The Morgan fingerprint density at radius 3 is 2.67 bits per heavy atom. The van der Waals surface area contributed by atoms with Crippen LogP contribution in [0.3, 0.4) is 0 Å². The monoisotopic (exact) mass is 326 g/mol. The third-order valence-electron chi connectivity index (χ3n) is 4.15. The molecule has 1 N–H and O–H groups in total. The van der Waals surface area contributed by atoms with Crippen molar-refractivity contribution < 1.29 is 4.74 Å². The molecule has 128 valence electrons. The quantitative estimate of drug-likeness (QED) is 0.915. The van der Waals surface area contributed by atoms with Crippen molar-refractivity contribution in [3.05, 3.63) is 53.3 Å². The predicted molar refractivity (Wildman–Crippen MR) is 96.1 cm³/mol. The molecule has 0 spiro atoms. The van der Waals surface area contributed by atoms with Gasteiger partial charge in [-0.3, -0.25) is 4.90 Å². The van der Waals surface area contributed by atoms with E-state index in [4.69, 9.17) is 4.74 Å². The zero-order chi connectivity index (χ0) is 16.8.